The molecule has 4 rings (SSSR count). The van der Waals surface area contributed by atoms with Crippen molar-refractivity contribution in [1.82, 2.24) is 0 Å². The summed E-state index contributed by atoms with van der Waals surface area (Å²) in [5.41, 5.74) is 1.93. The van der Waals surface area contributed by atoms with Gasteiger partial charge in [0.15, 0.2) is 0 Å². The molecule has 1 aromatic carbocycles. The number of nitrogens with one attached hydrogen (secondary N) is 1. The first-order valence-corrected chi connectivity index (χ1v) is 12.6. The van der Waals surface area contributed by atoms with Crippen LogP contribution in [-0.4, -0.2) is 24.5 Å². The minimum atomic E-state index is -1.16. The van der Waals surface area contributed by atoms with E-state index in [1.165, 1.54) is 22.7 Å². The molecule has 2 atom stereocenters. The number of carbonyl (C=O) groups excluding carboxylic acids is 3. The smallest absolute Gasteiger partial charge is 0.349 e. The van der Waals surface area contributed by atoms with Crippen molar-refractivity contribution in [2.75, 3.05) is 11.9 Å². The molecule has 0 saturated carbocycles. The largest absolute Gasteiger partial charge is 0.462 e. The Kier molecular flexibility index (Phi) is 7.25. The van der Waals surface area contributed by atoms with E-state index in [4.69, 9.17) is 9.47 Å². The third kappa shape index (κ3) is 5.17. The lowest BCUT2D eigenvalue weighted by atomic mass is 9.88. The maximum atomic E-state index is 13.4. The zero-order chi connectivity index (χ0) is 23.4. The number of carbonyl (C=O) groups is 3. The molecule has 0 spiro atoms. The first-order valence-electron chi connectivity index (χ1n) is 10.9. The van der Waals surface area contributed by atoms with Crippen LogP contribution in [0.3, 0.4) is 0 Å². The number of rotatable bonds is 7. The van der Waals surface area contributed by atoms with Gasteiger partial charge < -0.3 is 14.8 Å². The van der Waals surface area contributed by atoms with Gasteiger partial charge in [-0.25, -0.2) is 9.59 Å². The molecule has 1 amide bonds. The van der Waals surface area contributed by atoms with Gasteiger partial charge in [-0.1, -0.05) is 43.3 Å². The normalized spacial score (nSPS) is 15.9. The fraction of sp³-hybridized carbons (Fsp3) is 0.320. The summed E-state index contributed by atoms with van der Waals surface area (Å²) in [6, 6.07) is 12.3. The summed E-state index contributed by atoms with van der Waals surface area (Å²) >= 11 is 2.65. The van der Waals surface area contributed by atoms with Gasteiger partial charge >= 0.3 is 11.9 Å². The summed E-state index contributed by atoms with van der Waals surface area (Å²) in [6.45, 7) is 4.19. The molecule has 8 heteroatoms. The Morgan fingerprint density at radius 1 is 1.12 bits per heavy atom. The van der Waals surface area contributed by atoms with Crippen LogP contribution in [0.4, 0.5) is 5.00 Å². The quantitative estimate of drug-likeness (QED) is 0.439. The Morgan fingerprint density at radius 3 is 2.61 bits per heavy atom. The van der Waals surface area contributed by atoms with Crippen molar-refractivity contribution in [3.8, 4) is 0 Å². The van der Waals surface area contributed by atoms with Gasteiger partial charge in [-0.05, 0) is 49.1 Å². The van der Waals surface area contributed by atoms with Crippen LogP contribution in [0.5, 0.6) is 0 Å². The summed E-state index contributed by atoms with van der Waals surface area (Å²) in [5, 5.41) is 5.10. The zero-order valence-corrected chi connectivity index (χ0v) is 20.1. The van der Waals surface area contributed by atoms with Crippen LogP contribution < -0.4 is 5.32 Å². The second kappa shape index (κ2) is 10.3. The SMILES string of the molecule is CCOC(=O)c1c(NC(=O)[C@@H](OC(=O)c2cccs2)c2ccccc2)sc2c1CC[C@H](C)C2. The Balaban J connectivity index is 1.65. The van der Waals surface area contributed by atoms with E-state index in [0.717, 1.165) is 29.7 Å². The van der Waals surface area contributed by atoms with Gasteiger partial charge in [0.05, 0.1) is 12.2 Å². The minimum absolute atomic E-state index is 0.248. The minimum Gasteiger partial charge on any atom is -0.462 e. The average Bonchev–Trinajstić information content (AvgIpc) is 3.46. The lowest BCUT2D eigenvalue weighted by Crippen LogP contribution is -2.26. The average molecular weight is 484 g/mol. The second-order valence-corrected chi connectivity index (χ2v) is 9.99. The number of anilines is 1. The first-order chi connectivity index (χ1) is 16.0. The topological polar surface area (TPSA) is 81.7 Å². The Labute approximate surface area is 200 Å². The zero-order valence-electron chi connectivity index (χ0n) is 18.5. The highest BCUT2D eigenvalue weighted by Gasteiger charge is 2.32. The fourth-order valence-electron chi connectivity index (χ4n) is 3.90. The lowest BCUT2D eigenvalue weighted by Gasteiger charge is -2.19. The van der Waals surface area contributed by atoms with Gasteiger partial charge in [0.1, 0.15) is 9.88 Å². The van der Waals surface area contributed by atoms with E-state index < -0.39 is 23.9 Å². The molecule has 33 heavy (non-hydrogen) atoms. The van der Waals surface area contributed by atoms with Crippen molar-refractivity contribution in [3.05, 3.63) is 74.3 Å². The van der Waals surface area contributed by atoms with Crippen LogP contribution in [0.25, 0.3) is 0 Å². The van der Waals surface area contributed by atoms with Crippen molar-refractivity contribution in [1.29, 1.82) is 0 Å². The maximum Gasteiger partial charge on any atom is 0.349 e. The predicted octanol–water partition coefficient (Wildman–Crippen LogP) is 5.65. The molecule has 0 unspecified atom stereocenters. The van der Waals surface area contributed by atoms with Crippen LogP contribution in [0.2, 0.25) is 0 Å². The van der Waals surface area contributed by atoms with E-state index in [1.54, 1.807) is 48.7 Å². The number of hydrogen-bond donors (Lipinski definition) is 1. The number of amides is 1. The highest BCUT2D eigenvalue weighted by molar-refractivity contribution is 7.17. The molecule has 172 valence electrons. The molecule has 0 aliphatic heterocycles. The Hall–Kier alpha value is -2.97. The molecule has 2 aromatic heterocycles. The Morgan fingerprint density at radius 2 is 1.91 bits per heavy atom. The molecular weight excluding hydrogens is 458 g/mol. The number of fused-ring (bicyclic) bond motifs is 1. The molecule has 0 bridgehead atoms. The third-order valence-electron chi connectivity index (χ3n) is 5.52. The molecule has 6 nitrogen and oxygen atoms in total. The van der Waals surface area contributed by atoms with Crippen molar-refractivity contribution >= 4 is 45.5 Å². The highest BCUT2D eigenvalue weighted by Crippen LogP contribution is 2.40. The monoisotopic (exact) mass is 483 g/mol. The van der Waals surface area contributed by atoms with Gasteiger partial charge in [0.25, 0.3) is 5.91 Å². The summed E-state index contributed by atoms with van der Waals surface area (Å²) in [4.78, 5) is 40.3. The molecular formula is C25H25NO5S2. The molecule has 2 heterocycles. The molecule has 3 aromatic rings. The van der Waals surface area contributed by atoms with Crippen molar-refractivity contribution in [2.45, 2.75) is 39.2 Å². The van der Waals surface area contributed by atoms with E-state index in [9.17, 15) is 14.4 Å². The van der Waals surface area contributed by atoms with E-state index in [2.05, 4.69) is 12.2 Å². The van der Waals surface area contributed by atoms with Crippen LogP contribution in [-0.2, 0) is 27.1 Å². The number of thiophene rings is 2. The van der Waals surface area contributed by atoms with Crippen LogP contribution >= 0.6 is 22.7 Å². The lowest BCUT2D eigenvalue weighted by molar-refractivity contribution is -0.125. The van der Waals surface area contributed by atoms with E-state index in [-0.39, 0.29) is 6.61 Å². The molecule has 0 radical (unpaired) electrons. The predicted molar refractivity (Wildman–Crippen MR) is 129 cm³/mol. The molecule has 1 N–H and O–H groups in total. The van der Waals surface area contributed by atoms with Gasteiger partial charge in [-0.3, -0.25) is 4.79 Å². The standard InChI is InChI=1S/C25H25NO5S2/c1-3-30-25(29)20-17-12-11-15(2)14-19(17)33-23(20)26-22(27)21(16-8-5-4-6-9-16)31-24(28)18-10-7-13-32-18/h4-10,13,15,21H,3,11-12,14H2,1-2H3,(H,26,27)/t15-,21-/m0/s1. The second-order valence-electron chi connectivity index (χ2n) is 7.94. The summed E-state index contributed by atoms with van der Waals surface area (Å²) in [7, 11) is 0. The number of hydrogen-bond acceptors (Lipinski definition) is 7. The summed E-state index contributed by atoms with van der Waals surface area (Å²) in [6.07, 6.45) is 1.45. The third-order valence-corrected chi connectivity index (χ3v) is 7.54. The summed E-state index contributed by atoms with van der Waals surface area (Å²) in [5.74, 6) is -1.01. The molecule has 1 aliphatic carbocycles. The maximum absolute atomic E-state index is 13.4. The molecule has 1 aliphatic rings. The van der Waals surface area contributed by atoms with Crippen molar-refractivity contribution in [3.63, 3.8) is 0 Å². The number of benzene rings is 1. The van der Waals surface area contributed by atoms with Crippen LogP contribution in [0.15, 0.2) is 47.8 Å². The van der Waals surface area contributed by atoms with Gasteiger partial charge in [-0.2, -0.15) is 0 Å². The highest BCUT2D eigenvalue weighted by atomic mass is 32.1. The first kappa shape index (κ1) is 23.2. The van der Waals surface area contributed by atoms with Gasteiger partial charge in [-0.15, -0.1) is 22.7 Å². The van der Waals surface area contributed by atoms with Crippen molar-refractivity contribution < 1.29 is 23.9 Å². The number of esters is 2. The van der Waals surface area contributed by atoms with Gasteiger partial charge in [0.2, 0.25) is 6.10 Å². The van der Waals surface area contributed by atoms with Crippen LogP contribution in [0, 0.1) is 5.92 Å². The summed E-state index contributed by atoms with van der Waals surface area (Å²) < 4.78 is 10.9. The number of ether oxygens (including phenoxy) is 2. The van der Waals surface area contributed by atoms with Crippen molar-refractivity contribution in [2.24, 2.45) is 5.92 Å². The molecule has 0 saturated heterocycles. The van der Waals surface area contributed by atoms with E-state index >= 15 is 0 Å². The fourth-order valence-corrected chi connectivity index (χ4v) is 5.90. The van der Waals surface area contributed by atoms with Gasteiger partial charge in [0, 0.05) is 10.4 Å². The van der Waals surface area contributed by atoms with Crippen LogP contribution in [0.1, 0.15) is 62.4 Å². The van der Waals surface area contributed by atoms with E-state index in [1.807, 2.05) is 6.07 Å². The van der Waals surface area contributed by atoms with E-state index in [0.29, 0.717) is 26.9 Å². The molecule has 0 fully saturated rings. The Bertz CT molecular complexity index is 1140.